The third-order valence-corrected chi connectivity index (χ3v) is 5.07. The molecule has 0 aliphatic carbocycles. The van der Waals surface area contributed by atoms with E-state index in [0.717, 1.165) is 23.8 Å². The molecule has 1 N–H and O–H groups in total. The van der Waals surface area contributed by atoms with Crippen LogP contribution in [0.4, 0.5) is 8.78 Å². The molecular formula is C22H25F2NO5. The number of carbonyl (C=O) groups excluding carboxylic acids is 1. The van der Waals surface area contributed by atoms with Crippen molar-refractivity contribution < 1.29 is 32.9 Å². The van der Waals surface area contributed by atoms with Gasteiger partial charge in [0, 0.05) is 37.6 Å². The summed E-state index contributed by atoms with van der Waals surface area (Å²) in [7, 11) is 3.11. The molecule has 1 aliphatic rings. The van der Waals surface area contributed by atoms with Gasteiger partial charge < -0.3 is 24.2 Å². The van der Waals surface area contributed by atoms with E-state index in [9.17, 15) is 18.7 Å². The number of amides is 1. The van der Waals surface area contributed by atoms with Gasteiger partial charge in [0.15, 0.2) is 11.5 Å². The van der Waals surface area contributed by atoms with Gasteiger partial charge in [-0.25, -0.2) is 8.78 Å². The minimum absolute atomic E-state index is 0.0183. The Labute approximate surface area is 174 Å². The Morgan fingerprint density at radius 3 is 2.43 bits per heavy atom. The molecule has 0 bridgehead atoms. The van der Waals surface area contributed by atoms with Crippen molar-refractivity contribution in [2.24, 2.45) is 0 Å². The maximum Gasteiger partial charge on any atom is 0.222 e. The van der Waals surface area contributed by atoms with Crippen LogP contribution in [0.25, 0.3) is 0 Å². The van der Waals surface area contributed by atoms with Crippen LogP contribution < -0.4 is 14.2 Å². The van der Waals surface area contributed by atoms with Crippen molar-refractivity contribution in [1.82, 2.24) is 4.90 Å². The highest BCUT2D eigenvalue weighted by molar-refractivity contribution is 5.76. The Bertz CT molecular complexity index is 872. The van der Waals surface area contributed by atoms with Crippen molar-refractivity contribution in [3.05, 3.63) is 53.6 Å². The van der Waals surface area contributed by atoms with Crippen molar-refractivity contribution in [1.29, 1.82) is 0 Å². The highest BCUT2D eigenvalue weighted by Crippen LogP contribution is 2.28. The molecule has 162 valence electrons. The second kappa shape index (κ2) is 9.75. The highest BCUT2D eigenvalue weighted by Gasteiger charge is 2.31. The number of carbonyl (C=O) groups is 1. The van der Waals surface area contributed by atoms with Crippen LogP contribution in [0.5, 0.6) is 17.2 Å². The molecule has 3 rings (SSSR count). The Hall–Kier alpha value is -2.87. The van der Waals surface area contributed by atoms with Gasteiger partial charge in [-0.15, -0.1) is 0 Å². The average molecular weight is 421 g/mol. The lowest BCUT2D eigenvalue weighted by atomic mass is 10.0. The average Bonchev–Trinajstić information content (AvgIpc) is 2.72. The zero-order chi connectivity index (χ0) is 21.7. The molecule has 1 fully saturated rings. The molecule has 30 heavy (non-hydrogen) atoms. The second-order valence-electron chi connectivity index (χ2n) is 7.15. The Balaban J connectivity index is 1.53. The van der Waals surface area contributed by atoms with Crippen molar-refractivity contribution in [2.75, 3.05) is 27.3 Å². The summed E-state index contributed by atoms with van der Waals surface area (Å²) in [6, 6.07) is 8.39. The number of methoxy groups -OCH3 is 2. The molecule has 1 heterocycles. The fourth-order valence-electron chi connectivity index (χ4n) is 3.49. The van der Waals surface area contributed by atoms with Crippen LogP contribution >= 0.6 is 0 Å². The summed E-state index contributed by atoms with van der Waals surface area (Å²) in [6.45, 7) is 0.498. The van der Waals surface area contributed by atoms with Gasteiger partial charge in [0.1, 0.15) is 29.6 Å². The van der Waals surface area contributed by atoms with Crippen LogP contribution in [0.2, 0.25) is 0 Å². The monoisotopic (exact) mass is 421 g/mol. The third kappa shape index (κ3) is 5.38. The van der Waals surface area contributed by atoms with E-state index in [-0.39, 0.29) is 24.6 Å². The van der Waals surface area contributed by atoms with Gasteiger partial charge in [-0.2, -0.15) is 0 Å². The SMILES string of the molecule is COc1ccc(CCC(=O)N2CC[C@@H](Oc3cc(F)cc(F)c3)[C@H](O)C2)cc1OC. The first-order valence-corrected chi connectivity index (χ1v) is 9.69. The summed E-state index contributed by atoms with van der Waals surface area (Å²) in [5.74, 6) is -0.339. The molecule has 0 spiro atoms. The Morgan fingerprint density at radius 2 is 1.80 bits per heavy atom. The molecule has 0 radical (unpaired) electrons. The van der Waals surface area contributed by atoms with Gasteiger partial charge >= 0.3 is 0 Å². The smallest absolute Gasteiger partial charge is 0.222 e. The molecule has 6 nitrogen and oxygen atoms in total. The van der Waals surface area contributed by atoms with E-state index < -0.39 is 23.8 Å². The molecule has 2 aromatic rings. The normalized spacial score (nSPS) is 18.8. The summed E-state index contributed by atoms with van der Waals surface area (Å²) in [6.07, 6.45) is -0.422. The number of hydrogen-bond donors (Lipinski definition) is 1. The summed E-state index contributed by atoms with van der Waals surface area (Å²) in [4.78, 5) is 14.1. The van der Waals surface area contributed by atoms with E-state index in [0.29, 0.717) is 30.9 Å². The van der Waals surface area contributed by atoms with Gasteiger partial charge in [0.25, 0.3) is 0 Å². The van der Waals surface area contributed by atoms with Crippen LogP contribution in [0.15, 0.2) is 36.4 Å². The van der Waals surface area contributed by atoms with Gasteiger partial charge in [-0.1, -0.05) is 6.07 Å². The number of aryl methyl sites for hydroxylation is 1. The fourth-order valence-corrected chi connectivity index (χ4v) is 3.49. The van der Waals surface area contributed by atoms with Gasteiger partial charge in [0.2, 0.25) is 5.91 Å². The number of β-amino-alcohol motifs (C(OH)–C–C–N with tert-alkyl or cyclic N) is 1. The fraction of sp³-hybridized carbons (Fsp3) is 0.409. The number of benzene rings is 2. The number of hydrogen-bond acceptors (Lipinski definition) is 5. The number of rotatable bonds is 7. The van der Waals surface area contributed by atoms with Gasteiger partial charge in [-0.05, 0) is 24.1 Å². The number of aliphatic hydroxyl groups is 1. The predicted molar refractivity (Wildman–Crippen MR) is 106 cm³/mol. The van der Waals surface area contributed by atoms with Crippen LogP contribution in [0, 0.1) is 11.6 Å². The first-order chi connectivity index (χ1) is 14.4. The van der Waals surface area contributed by atoms with Crippen molar-refractivity contribution in [3.8, 4) is 17.2 Å². The molecule has 0 unspecified atom stereocenters. The number of aliphatic hydroxyl groups excluding tert-OH is 1. The molecule has 0 aromatic heterocycles. The van der Waals surface area contributed by atoms with Crippen molar-refractivity contribution in [2.45, 2.75) is 31.5 Å². The quantitative estimate of drug-likeness (QED) is 0.745. The standard InChI is InChI=1S/C22H25F2NO5/c1-28-20-5-3-14(9-21(20)29-2)4-6-22(27)25-8-7-19(18(26)13-25)30-17-11-15(23)10-16(24)12-17/h3,5,9-12,18-19,26H,4,6-8,13H2,1-2H3/t18-,19-/m1/s1. The van der Waals surface area contributed by atoms with Crippen LogP contribution in [-0.2, 0) is 11.2 Å². The minimum Gasteiger partial charge on any atom is -0.493 e. The molecular weight excluding hydrogens is 396 g/mol. The van der Waals surface area contributed by atoms with E-state index in [1.807, 2.05) is 12.1 Å². The van der Waals surface area contributed by atoms with Crippen molar-refractivity contribution >= 4 is 5.91 Å². The number of piperidine rings is 1. The second-order valence-corrected chi connectivity index (χ2v) is 7.15. The maximum atomic E-state index is 13.3. The largest absolute Gasteiger partial charge is 0.493 e. The first kappa shape index (κ1) is 21.8. The van der Waals surface area contributed by atoms with E-state index in [1.54, 1.807) is 25.2 Å². The van der Waals surface area contributed by atoms with Gasteiger partial charge in [0.05, 0.1) is 20.8 Å². The number of nitrogens with zero attached hydrogens (tertiary/aromatic N) is 1. The molecule has 0 saturated carbocycles. The third-order valence-electron chi connectivity index (χ3n) is 5.07. The number of ether oxygens (including phenoxy) is 3. The Kier molecular flexibility index (Phi) is 7.10. The lowest BCUT2D eigenvalue weighted by Crippen LogP contribution is -2.51. The first-order valence-electron chi connectivity index (χ1n) is 9.69. The van der Waals surface area contributed by atoms with E-state index in [1.165, 1.54) is 0 Å². The molecule has 2 aromatic carbocycles. The van der Waals surface area contributed by atoms with Gasteiger partial charge in [-0.3, -0.25) is 4.79 Å². The number of halogens is 2. The molecule has 2 atom stereocenters. The lowest BCUT2D eigenvalue weighted by Gasteiger charge is -2.36. The zero-order valence-electron chi connectivity index (χ0n) is 16.9. The van der Waals surface area contributed by atoms with E-state index in [2.05, 4.69) is 0 Å². The van der Waals surface area contributed by atoms with Crippen LogP contribution in [-0.4, -0.2) is 55.4 Å². The minimum atomic E-state index is -0.949. The number of likely N-dealkylation sites (tertiary alicyclic amines) is 1. The Morgan fingerprint density at radius 1 is 1.10 bits per heavy atom. The predicted octanol–water partition coefficient (Wildman–Crippen LogP) is 2.96. The molecule has 1 aliphatic heterocycles. The summed E-state index contributed by atoms with van der Waals surface area (Å²) >= 11 is 0. The molecule has 1 saturated heterocycles. The zero-order valence-corrected chi connectivity index (χ0v) is 16.9. The highest BCUT2D eigenvalue weighted by atomic mass is 19.1. The molecule has 8 heteroatoms. The summed E-state index contributed by atoms with van der Waals surface area (Å²) in [5, 5.41) is 10.4. The van der Waals surface area contributed by atoms with Crippen molar-refractivity contribution in [3.63, 3.8) is 0 Å². The van der Waals surface area contributed by atoms with E-state index >= 15 is 0 Å². The van der Waals surface area contributed by atoms with E-state index in [4.69, 9.17) is 14.2 Å². The molecule has 1 amide bonds. The van der Waals surface area contributed by atoms with Crippen LogP contribution in [0.3, 0.4) is 0 Å². The maximum absolute atomic E-state index is 13.3. The lowest BCUT2D eigenvalue weighted by molar-refractivity contribution is -0.137. The summed E-state index contributed by atoms with van der Waals surface area (Å²) < 4.78 is 42.6. The summed E-state index contributed by atoms with van der Waals surface area (Å²) in [5.41, 5.74) is 0.938. The van der Waals surface area contributed by atoms with Crippen LogP contribution in [0.1, 0.15) is 18.4 Å². The topological polar surface area (TPSA) is 68.2 Å².